The van der Waals surface area contributed by atoms with E-state index in [1.165, 1.54) is 0 Å². The first-order valence-corrected chi connectivity index (χ1v) is 17.7. The standard InChI is InChI=1S/C41H52O10/c1-7-30(32(42)35-34(50-41(4,5)51-35)31-26-47-40(2,3)49-31)33-36(44-23-27-17-11-8-12-18-27)37(45-24-28-19-13-9-14-20-28)38(39(43-6)48-33)46-25-29-21-15-10-16-22-29/h7-22,30-39,42H,1,23-26H2,2-6H3/t30-,31-,32+,33-,34-,35-,36-,37+,38+,39+/m1/s1. The van der Waals surface area contributed by atoms with Crippen LogP contribution >= 0.6 is 0 Å². The summed E-state index contributed by atoms with van der Waals surface area (Å²) >= 11 is 0. The first-order chi connectivity index (χ1) is 24.6. The second-order valence-corrected chi connectivity index (χ2v) is 14.2. The van der Waals surface area contributed by atoms with Crippen LogP contribution in [0.4, 0.5) is 0 Å². The smallest absolute Gasteiger partial charge is 0.186 e. The molecule has 1 N–H and O–H groups in total. The Morgan fingerprint density at radius 2 is 1.22 bits per heavy atom. The van der Waals surface area contributed by atoms with E-state index in [0.717, 1.165) is 16.7 Å². The van der Waals surface area contributed by atoms with Crippen molar-refractivity contribution in [3.05, 3.63) is 120 Å². The van der Waals surface area contributed by atoms with Crippen LogP contribution in [0.15, 0.2) is 104 Å². The molecule has 0 radical (unpaired) electrons. The number of benzene rings is 3. The fourth-order valence-corrected chi connectivity index (χ4v) is 7.12. The summed E-state index contributed by atoms with van der Waals surface area (Å²) in [7, 11) is 1.57. The maximum Gasteiger partial charge on any atom is 0.186 e. The first kappa shape index (κ1) is 37.7. The van der Waals surface area contributed by atoms with Crippen molar-refractivity contribution in [2.24, 2.45) is 5.92 Å². The minimum atomic E-state index is -1.15. The van der Waals surface area contributed by atoms with E-state index in [1.54, 1.807) is 13.2 Å². The van der Waals surface area contributed by atoms with Gasteiger partial charge in [-0.25, -0.2) is 0 Å². The third kappa shape index (κ3) is 9.33. The maximum absolute atomic E-state index is 12.3. The predicted octanol–water partition coefficient (Wildman–Crippen LogP) is 5.95. The van der Waals surface area contributed by atoms with E-state index >= 15 is 0 Å². The lowest BCUT2D eigenvalue weighted by Gasteiger charge is -2.48. The molecule has 10 nitrogen and oxygen atoms in total. The van der Waals surface area contributed by atoms with Crippen molar-refractivity contribution in [2.45, 2.75) is 114 Å². The zero-order chi connectivity index (χ0) is 36.0. The summed E-state index contributed by atoms with van der Waals surface area (Å²) in [5.74, 6) is -2.50. The first-order valence-electron chi connectivity index (χ1n) is 17.7. The Morgan fingerprint density at radius 3 is 1.69 bits per heavy atom. The number of hydrogen-bond acceptors (Lipinski definition) is 10. The Kier molecular flexibility index (Phi) is 12.4. The number of aliphatic hydroxyl groups excluding tert-OH is 1. The summed E-state index contributed by atoms with van der Waals surface area (Å²) in [5.41, 5.74) is 2.95. The van der Waals surface area contributed by atoms with Gasteiger partial charge in [-0.2, -0.15) is 0 Å². The molecule has 0 saturated carbocycles. The van der Waals surface area contributed by atoms with Gasteiger partial charge in [-0.15, -0.1) is 6.58 Å². The molecule has 10 heteroatoms. The number of rotatable bonds is 15. The van der Waals surface area contributed by atoms with Gasteiger partial charge in [0.15, 0.2) is 17.9 Å². The van der Waals surface area contributed by atoms with Crippen molar-refractivity contribution in [3.63, 3.8) is 0 Å². The molecular formula is C41H52O10. The second kappa shape index (κ2) is 16.8. The molecule has 0 bridgehead atoms. The lowest BCUT2D eigenvalue weighted by molar-refractivity contribution is -0.327. The molecule has 3 saturated heterocycles. The van der Waals surface area contributed by atoms with Crippen molar-refractivity contribution in [3.8, 4) is 0 Å². The molecule has 3 fully saturated rings. The predicted molar refractivity (Wildman–Crippen MR) is 189 cm³/mol. The maximum atomic E-state index is 12.3. The minimum absolute atomic E-state index is 0.264. The Morgan fingerprint density at radius 1 is 0.706 bits per heavy atom. The van der Waals surface area contributed by atoms with Crippen LogP contribution in [0.5, 0.6) is 0 Å². The molecular weight excluding hydrogens is 652 g/mol. The van der Waals surface area contributed by atoms with Crippen LogP contribution in [0.25, 0.3) is 0 Å². The highest BCUT2D eigenvalue weighted by Crippen LogP contribution is 2.41. The highest BCUT2D eigenvalue weighted by Gasteiger charge is 2.57. The van der Waals surface area contributed by atoms with Crippen molar-refractivity contribution in [1.29, 1.82) is 0 Å². The lowest BCUT2D eigenvalue weighted by atomic mass is 9.82. The van der Waals surface area contributed by atoms with Gasteiger partial charge in [0, 0.05) is 13.0 Å². The molecule has 276 valence electrons. The van der Waals surface area contributed by atoms with E-state index in [1.807, 2.05) is 119 Å². The quantitative estimate of drug-likeness (QED) is 0.191. The molecule has 51 heavy (non-hydrogen) atoms. The summed E-state index contributed by atoms with van der Waals surface area (Å²) in [6.45, 7) is 12.7. The van der Waals surface area contributed by atoms with Gasteiger partial charge in [0.05, 0.1) is 38.6 Å². The van der Waals surface area contributed by atoms with Gasteiger partial charge in [0.2, 0.25) is 0 Å². The van der Waals surface area contributed by atoms with Crippen LogP contribution in [-0.2, 0) is 62.5 Å². The average molecular weight is 705 g/mol. The van der Waals surface area contributed by atoms with Crippen molar-refractivity contribution < 1.29 is 47.7 Å². The van der Waals surface area contributed by atoms with E-state index in [0.29, 0.717) is 13.2 Å². The van der Waals surface area contributed by atoms with Gasteiger partial charge in [-0.1, -0.05) is 97.1 Å². The number of ether oxygens (including phenoxy) is 9. The Bertz CT molecular complexity index is 1500. The van der Waals surface area contributed by atoms with Crippen LogP contribution in [0, 0.1) is 5.92 Å². The third-order valence-electron chi connectivity index (χ3n) is 9.56. The van der Waals surface area contributed by atoms with E-state index < -0.39 is 72.6 Å². The monoisotopic (exact) mass is 704 g/mol. The lowest BCUT2D eigenvalue weighted by Crippen LogP contribution is -2.64. The molecule has 3 aromatic carbocycles. The molecule has 0 spiro atoms. The highest BCUT2D eigenvalue weighted by molar-refractivity contribution is 5.16. The van der Waals surface area contributed by atoms with E-state index in [2.05, 4.69) is 6.58 Å². The molecule has 0 unspecified atom stereocenters. The SMILES string of the molecule is C=C[C@H]([C@H](O)[C@H]1OC(C)(C)O[C@@H]1[C@H]1COC(C)(C)O1)[C@H]1O[C@H](OC)[C@@H](OCc2ccccc2)[C@@H](OCc2ccccc2)[C@@H]1OCc1ccccc1. The van der Waals surface area contributed by atoms with E-state index in [9.17, 15) is 5.11 Å². The molecule has 6 rings (SSSR count). The van der Waals surface area contributed by atoms with Crippen LogP contribution in [0.2, 0.25) is 0 Å². The summed E-state index contributed by atoms with van der Waals surface area (Å²) in [6, 6.07) is 29.7. The summed E-state index contributed by atoms with van der Waals surface area (Å²) in [5, 5.41) is 12.3. The topological polar surface area (TPSA) is 103 Å². The molecule has 3 aliphatic rings. The normalized spacial score (nSPS) is 31.3. The van der Waals surface area contributed by atoms with E-state index in [-0.39, 0.29) is 13.2 Å². The van der Waals surface area contributed by atoms with E-state index in [4.69, 9.17) is 42.6 Å². The van der Waals surface area contributed by atoms with Crippen molar-refractivity contribution >= 4 is 0 Å². The van der Waals surface area contributed by atoms with Crippen LogP contribution in [0.3, 0.4) is 0 Å². The number of aliphatic hydroxyl groups is 1. The number of hydrogen-bond donors (Lipinski definition) is 1. The summed E-state index contributed by atoms with van der Waals surface area (Å²) in [6.07, 6.45) is -5.15. The molecule has 0 amide bonds. The Balaban J connectivity index is 1.34. The fraction of sp³-hybridized carbons (Fsp3) is 0.512. The number of methoxy groups -OCH3 is 1. The van der Waals surface area contributed by atoms with Gasteiger partial charge in [0.25, 0.3) is 0 Å². The van der Waals surface area contributed by atoms with Gasteiger partial charge < -0.3 is 47.7 Å². The molecule has 3 aliphatic heterocycles. The Hall–Kier alpha value is -3.00. The van der Waals surface area contributed by atoms with Gasteiger partial charge in [-0.05, 0) is 44.4 Å². The van der Waals surface area contributed by atoms with Gasteiger partial charge in [-0.3, -0.25) is 0 Å². The summed E-state index contributed by atoms with van der Waals surface area (Å²) < 4.78 is 57.7. The third-order valence-corrected chi connectivity index (χ3v) is 9.56. The molecule has 3 heterocycles. The molecule has 3 aromatic rings. The van der Waals surface area contributed by atoms with Gasteiger partial charge >= 0.3 is 0 Å². The molecule has 0 aliphatic carbocycles. The fourth-order valence-electron chi connectivity index (χ4n) is 7.12. The molecule has 10 atom stereocenters. The zero-order valence-electron chi connectivity index (χ0n) is 30.2. The highest BCUT2D eigenvalue weighted by atomic mass is 16.8. The molecule has 0 aromatic heterocycles. The van der Waals surface area contributed by atoms with Crippen molar-refractivity contribution in [1.82, 2.24) is 0 Å². The Labute approximate surface area is 301 Å². The van der Waals surface area contributed by atoms with Crippen molar-refractivity contribution in [2.75, 3.05) is 13.7 Å². The average Bonchev–Trinajstić information content (AvgIpc) is 3.67. The second-order valence-electron chi connectivity index (χ2n) is 14.2. The zero-order valence-corrected chi connectivity index (χ0v) is 30.2. The minimum Gasteiger partial charge on any atom is -0.390 e. The van der Waals surface area contributed by atoms with Gasteiger partial charge in [0.1, 0.15) is 36.6 Å². The summed E-state index contributed by atoms with van der Waals surface area (Å²) in [4.78, 5) is 0. The van der Waals surface area contributed by atoms with Crippen LogP contribution < -0.4 is 0 Å². The van der Waals surface area contributed by atoms with Crippen LogP contribution in [0.1, 0.15) is 44.4 Å². The largest absolute Gasteiger partial charge is 0.390 e. The van der Waals surface area contributed by atoms with Crippen LogP contribution in [-0.4, -0.2) is 85.5 Å².